The zero-order chi connectivity index (χ0) is 29.9. The van der Waals surface area contributed by atoms with E-state index in [1.807, 2.05) is 6.92 Å². The molecular weight excluding hydrogens is 651 g/mol. The molecule has 0 aromatic heterocycles. The van der Waals surface area contributed by atoms with E-state index in [9.17, 15) is 41.1 Å². The van der Waals surface area contributed by atoms with E-state index in [-0.39, 0.29) is 140 Å². The van der Waals surface area contributed by atoms with Crippen LogP contribution in [0.5, 0.6) is 0 Å². The van der Waals surface area contributed by atoms with Crippen molar-refractivity contribution >= 4 is 26.2 Å². The minimum Gasteiger partial charge on any atom is -0.748 e. The van der Waals surface area contributed by atoms with Crippen molar-refractivity contribution in [3.63, 3.8) is 0 Å². The van der Waals surface area contributed by atoms with Crippen LogP contribution in [0, 0.1) is 23.7 Å². The molecule has 4 aliphatic carbocycles. The molecule has 0 aromatic carbocycles. The summed E-state index contributed by atoms with van der Waals surface area (Å²) in [6, 6.07) is -3.06. The molecule has 0 amide bonds. The Bertz CT molecular complexity index is 1160. The van der Waals surface area contributed by atoms with E-state index in [2.05, 4.69) is 20.4 Å². The molecule has 4 fully saturated rings. The van der Waals surface area contributed by atoms with Crippen LogP contribution < -0.4 is 99.2 Å². The summed E-state index contributed by atoms with van der Waals surface area (Å²) in [5.41, 5.74) is 0. The molecule has 0 aliphatic heterocycles. The number of aliphatic hydroxyl groups excluding tert-OH is 1. The van der Waals surface area contributed by atoms with Crippen molar-refractivity contribution in [3.05, 3.63) is 0 Å². The molecular formula is C25H40N3Na3O11S2. The average Bonchev–Trinajstić information content (AvgIpc) is 2.92. The zero-order valence-corrected chi connectivity index (χ0v) is 33.7. The Morgan fingerprint density at radius 1 is 0.886 bits per heavy atom. The Labute approximate surface area is 326 Å². The van der Waals surface area contributed by atoms with E-state index >= 15 is 0 Å². The third-order valence-electron chi connectivity index (χ3n) is 9.58. The molecule has 4 saturated carbocycles. The fourth-order valence-corrected chi connectivity index (χ4v) is 9.56. The van der Waals surface area contributed by atoms with E-state index in [1.165, 1.54) is 0 Å². The first kappa shape index (κ1) is 43.8. The van der Waals surface area contributed by atoms with Crippen LogP contribution in [0.4, 0.5) is 0 Å². The Balaban J connectivity index is 0.00000323. The number of rotatable bonds is 9. The van der Waals surface area contributed by atoms with Crippen LogP contribution in [0.3, 0.4) is 0 Å². The summed E-state index contributed by atoms with van der Waals surface area (Å²) in [6.45, 7) is 1.87. The first-order chi connectivity index (χ1) is 19.3. The fourth-order valence-electron chi connectivity index (χ4n) is 7.32. The first-order valence-corrected chi connectivity index (χ1v) is 17.4. The molecule has 0 spiro atoms. The number of nitrogens with one attached hydrogen (secondary N) is 1. The van der Waals surface area contributed by atoms with Crippen LogP contribution in [0.1, 0.15) is 77.6 Å². The van der Waals surface area contributed by atoms with E-state index < -0.39 is 78.7 Å². The van der Waals surface area contributed by atoms with Crippen LogP contribution in [0.25, 0.3) is 0 Å². The predicted molar refractivity (Wildman–Crippen MR) is 139 cm³/mol. The fraction of sp³-hybridized carbons (Fsp3) is 0.960. The maximum absolute atomic E-state index is 12.4. The number of carbonyl (C=O) groups is 1. The average molecular weight is 692 g/mol. The van der Waals surface area contributed by atoms with Crippen LogP contribution in [0.2, 0.25) is 0 Å². The third-order valence-corrected chi connectivity index (χ3v) is 12.1. The van der Waals surface area contributed by atoms with Gasteiger partial charge in [-0.05, 0) is 69.1 Å². The van der Waals surface area contributed by atoms with Gasteiger partial charge in [-0.1, -0.05) is 26.2 Å². The second kappa shape index (κ2) is 19.2. The summed E-state index contributed by atoms with van der Waals surface area (Å²) in [5.74, 6) is -3.72. The third kappa shape index (κ3) is 11.4. The summed E-state index contributed by atoms with van der Waals surface area (Å²) >= 11 is 0. The molecule has 0 radical (unpaired) electrons. The van der Waals surface area contributed by atoms with Crippen molar-refractivity contribution in [3.8, 4) is 0 Å². The normalized spacial score (nSPS) is 36.7. The van der Waals surface area contributed by atoms with Crippen molar-refractivity contribution in [1.29, 1.82) is 0 Å². The Morgan fingerprint density at radius 3 is 2.11 bits per heavy atom. The number of hydrogen-bond donors (Lipinski definition) is 2. The molecule has 4 rings (SSSR count). The van der Waals surface area contributed by atoms with Crippen molar-refractivity contribution in [2.24, 2.45) is 33.9 Å². The van der Waals surface area contributed by atoms with Crippen molar-refractivity contribution < 1.29 is 139 Å². The van der Waals surface area contributed by atoms with Gasteiger partial charge in [-0.3, -0.25) is 10.1 Å². The maximum Gasteiger partial charge on any atom is 1.00 e. The Kier molecular flexibility index (Phi) is 19.1. The monoisotopic (exact) mass is 691 g/mol. The van der Waals surface area contributed by atoms with Crippen LogP contribution >= 0.6 is 0 Å². The Hall–Kier alpha value is 1.73. The van der Waals surface area contributed by atoms with Gasteiger partial charge in [0.1, 0.15) is 6.04 Å². The van der Waals surface area contributed by atoms with Gasteiger partial charge in [-0.2, -0.15) is 10.2 Å². The minimum absolute atomic E-state index is 0. The maximum atomic E-state index is 12.4. The van der Waals surface area contributed by atoms with Crippen LogP contribution in [-0.2, 0) is 34.7 Å². The number of azo groups is 1. The van der Waals surface area contributed by atoms with E-state index in [0.717, 1.165) is 32.1 Å². The van der Waals surface area contributed by atoms with Gasteiger partial charge in [-0.15, -0.1) is 0 Å². The molecule has 0 aromatic rings. The summed E-state index contributed by atoms with van der Waals surface area (Å²) in [5, 5.41) is 31.1. The SMILES string of the molecule is CC1CCC(N=NC2C(C(=O)O[O-])CC3CC(S(=O)(=O)[O-])C(NCOC4CCCCC4)CC3C2O)C(S(=O)(=O)[O-])C1.[Na+].[Na+].[Na+]. The summed E-state index contributed by atoms with van der Waals surface area (Å²) in [7, 11) is -9.45. The molecule has 10 unspecified atom stereocenters. The summed E-state index contributed by atoms with van der Waals surface area (Å²) in [6.07, 6.45) is 4.56. The first-order valence-electron chi connectivity index (χ1n) is 14.5. The van der Waals surface area contributed by atoms with Gasteiger partial charge in [0, 0.05) is 6.04 Å². The number of aliphatic hydroxyl groups is 1. The number of hydrogen-bond acceptors (Lipinski definition) is 14. The van der Waals surface area contributed by atoms with Crippen molar-refractivity contribution in [1.82, 2.24) is 5.32 Å². The summed E-state index contributed by atoms with van der Waals surface area (Å²) in [4.78, 5) is 16.1. The molecule has 2 N–H and O–H groups in total. The second-order valence-electron chi connectivity index (χ2n) is 12.3. The van der Waals surface area contributed by atoms with Gasteiger partial charge in [0.05, 0.1) is 61.6 Å². The van der Waals surface area contributed by atoms with Gasteiger partial charge >= 0.3 is 94.6 Å². The Morgan fingerprint density at radius 2 is 1.52 bits per heavy atom. The van der Waals surface area contributed by atoms with Crippen molar-refractivity contribution in [2.45, 2.75) is 118 Å². The number of ether oxygens (including phenoxy) is 1. The standard InChI is InChI=1S/C25H43N3O11S2.3Na/c1-14-7-8-19(21(9-14)40(32,33)34)27-28-23-18(25(30)39-31)10-15-11-22(41(35,36)37)20(12-17(15)24(23)29)26-13-38-16-5-3-2-4-6-16;;;/h14-24,26,29,31H,2-13H2,1H3,(H,32,33,34)(H,35,36,37);;;/q;3*+1/p-3. The smallest absolute Gasteiger partial charge is 0.748 e. The van der Waals surface area contributed by atoms with Crippen LogP contribution in [-0.4, -0.2) is 84.6 Å². The number of nitrogens with zero attached hydrogens (tertiary/aromatic N) is 2. The molecule has 0 bridgehead atoms. The molecule has 44 heavy (non-hydrogen) atoms. The van der Waals surface area contributed by atoms with Gasteiger partial charge in [0.15, 0.2) is 0 Å². The number of fused-ring (bicyclic) bond motifs is 1. The predicted octanol–water partition coefficient (Wildman–Crippen LogP) is -8.67. The topological polar surface area (TPSA) is 230 Å². The molecule has 4 aliphatic rings. The van der Waals surface area contributed by atoms with Crippen molar-refractivity contribution in [2.75, 3.05) is 6.73 Å². The minimum atomic E-state index is -4.76. The zero-order valence-electron chi connectivity index (χ0n) is 26.1. The van der Waals surface area contributed by atoms with E-state index in [0.29, 0.717) is 6.42 Å². The number of carbonyl (C=O) groups excluding carboxylic acids is 1. The van der Waals surface area contributed by atoms with Gasteiger partial charge in [-0.25, -0.2) is 16.8 Å². The van der Waals surface area contributed by atoms with Gasteiger partial charge < -0.3 is 29.1 Å². The van der Waals surface area contributed by atoms with Gasteiger partial charge in [0.2, 0.25) is 0 Å². The molecule has 14 nitrogen and oxygen atoms in total. The molecule has 0 saturated heterocycles. The second-order valence-corrected chi connectivity index (χ2v) is 15.5. The molecule has 0 heterocycles. The molecule has 236 valence electrons. The quantitative estimate of drug-likeness (QED) is 0.0574. The molecule has 19 heteroatoms. The van der Waals surface area contributed by atoms with E-state index in [1.54, 1.807) is 0 Å². The van der Waals surface area contributed by atoms with E-state index in [4.69, 9.17) is 4.74 Å². The largest absolute Gasteiger partial charge is 1.00 e. The molecule has 10 atom stereocenters. The summed E-state index contributed by atoms with van der Waals surface area (Å²) < 4.78 is 78.2. The van der Waals surface area contributed by atoms with Crippen LogP contribution in [0.15, 0.2) is 10.2 Å². The van der Waals surface area contributed by atoms with Gasteiger partial charge in [0.25, 0.3) is 0 Å².